The van der Waals surface area contributed by atoms with E-state index in [-0.39, 0.29) is 23.6 Å². The molecule has 0 rings (SSSR count). The molecule has 1 amide bonds. The Kier molecular flexibility index (Phi) is 60.2. The number of rotatable bonds is 10. The third kappa shape index (κ3) is 95.0. The van der Waals surface area contributed by atoms with E-state index in [1.54, 1.807) is 27.7 Å². The van der Waals surface area contributed by atoms with Gasteiger partial charge in [0.15, 0.2) is 0 Å². The zero-order valence-corrected chi connectivity index (χ0v) is 27.3. The Morgan fingerprint density at radius 2 is 1.35 bits per heavy atom. The highest BCUT2D eigenvalue weighted by Gasteiger charge is 2.15. The first-order chi connectivity index (χ1) is 17.3. The van der Waals surface area contributed by atoms with Gasteiger partial charge in [0.2, 0.25) is 0 Å². The van der Waals surface area contributed by atoms with E-state index < -0.39 is 11.7 Å². The second kappa shape index (κ2) is 45.2. The van der Waals surface area contributed by atoms with Gasteiger partial charge in [0.1, 0.15) is 11.4 Å². The molecule has 0 aliphatic carbocycles. The van der Waals surface area contributed by atoms with Gasteiger partial charge in [0.25, 0.3) is 0 Å². The van der Waals surface area contributed by atoms with Crippen LogP contribution >= 0.6 is 39.1 Å². The topological polar surface area (TPSA) is 184 Å². The van der Waals surface area contributed by atoms with Crippen molar-refractivity contribution >= 4 is 57.0 Å². The predicted octanol–water partition coefficient (Wildman–Crippen LogP) is 2.54. The minimum absolute atomic E-state index is 0.143. The molecule has 0 spiro atoms. The van der Waals surface area contributed by atoms with Crippen LogP contribution in [0, 0.1) is 0 Å². The summed E-state index contributed by atoms with van der Waals surface area (Å²) in [4.78, 5) is 31.9. The van der Waals surface area contributed by atoms with Gasteiger partial charge < -0.3 is 42.6 Å². The minimum atomic E-state index is -0.498. The summed E-state index contributed by atoms with van der Waals surface area (Å²) in [7, 11) is 1.88. The lowest BCUT2D eigenvalue weighted by atomic mass is 10.2. The van der Waals surface area contributed by atoms with E-state index in [0.29, 0.717) is 38.1 Å². The van der Waals surface area contributed by atoms with Crippen molar-refractivity contribution in [3.63, 3.8) is 0 Å². The zero-order valence-electron chi connectivity index (χ0n) is 24.2. The van der Waals surface area contributed by atoms with E-state index in [4.69, 9.17) is 49.9 Å². The van der Waals surface area contributed by atoms with Gasteiger partial charge in [0, 0.05) is 39.3 Å². The molecule has 0 aliphatic rings. The summed E-state index contributed by atoms with van der Waals surface area (Å²) in [6.45, 7) is 17.2. The van der Waals surface area contributed by atoms with Gasteiger partial charge in [-0.25, -0.2) is 4.79 Å². The number of amides is 1. The second-order valence-corrected chi connectivity index (χ2v) is 8.89. The highest BCUT2D eigenvalue weighted by Crippen LogP contribution is 2.05. The summed E-state index contributed by atoms with van der Waals surface area (Å²) in [5.41, 5.74) is 14.4. The van der Waals surface area contributed by atoms with Gasteiger partial charge in [-0.05, 0) is 41.7 Å². The van der Waals surface area contributed by atoms with Crippen LogP contribution in [0.25, 0.3) is 0 Å². The lowest BCUT2D eigenvalue weighted by Gasteiger charge is -2.19. The maximum atomic E-state index is 11.2. The number of carbonyl (C=O) groups excluding carboxylic acids is 3. The molecule has 0 heterocycles. The number of carbonyl (C=O) groups is 3. The molecule has 0 saturated heterocycles. The van der Waals surface area contributed by atoms with Crippen LogP contribution in [0.15, 0.2) is 0 Å². The first-order valence-electron chi connectivity index (χ1n) is 12.0. The van der Waals surface area contributed by atoms with Crippen molar-refractivity contribution in [3.8, 4) is 0 Å². The standard InChI is InChI=1S/C11H22N2O4.C3H5BrO.C3H10N2.C3H8.C2H8N2.CH2Cl2/c1-5-16-9(14)8-12-6-7-13-10(15)17-11(2,3)4;1-3(5)2-4;1-5-3-2-4;1-3-2;3-1-2-4;2-1-3/h12H,5-8H2,1-4H3,(H,13,15);2H2,1H3;5H,2-4H2,1H3;3H2,1-2H3;1-4H2;1H2. The number of nitrogens with one attached hydrogen (secondary N) is 3. The molecule has 0 atom stereocenters. The summed E-state index contributed by atoms with van der Waals surface area (Å²) in [5.74, 6) is -0.130. The monoisotopic (exact) mass is 644 g/mol. The van der Waals surface area contributed by atoms with Gasteiger partial charge in [-0.15, -0.1) is 23.2 Å². The van der Waals surface area contributed by atoms with Crippen LogP contribution in [0.3, 0.4) is 0 Å². The highest BCUT2D eigenvalue weighted by molar-refractivity contribution is 9.09. The third-order valence-electron chi connectivity index (χ3n) is 2.29. The van der Waals surface area contributed by atoms with E-state index in [9.17, 15) is 14.4 Å². The van der Waals surface area contributed by atoms with Crippen molar-refractivity contribution in [2.45, 2.75) is 60.5 Å². The fraction of sp³-hybridized carbons (Fsp3) is 0.870. The molecule has 14 heteroatoms. The smallest absolute Gasteiger partial charge is 0.407 e. The van der Waals surface area contributed by atoms with E-state index in [1.807, 2.05) is 7.05 Å². The van der Waals surface area contributed by atoms with Gasteiger partial charge in [0.05, 0.1) is 23.8 Å². The quantitative estimate of drug-likeness (QED) is 0.117. The van der Waals surface area contributed by atoms with Crippen LogP contribution in [0.4, 0.5) is 4.79 Å². The van der Waals surface area contributed by atoms with Crippen molar-refractivity contribution in [2.24, 2.45) is 17.2 Å². The van der Waals surface area contributed by atoms with Crippen molar-refractivity contribution < 1.29 is 23.9 Å². The molecule has 0 aliphatic heterocycles. The highest BCUT2D eigenvalue weighted by atomic mass is 79.9. The van der Waals surface area contributed by atoms with E-state index >= 15 is 0 Å². The number of halogens is 3. The molecular formula is C23H55BrCl2N6O5. The van der Waals surface area contributed by atoms with E-state index in [1.165, 1.54) is 13.3 Å². The Morgan fingerprint density at radius 3 is 1.59 bits per heavy atom. The summed E-state index contributed by atoms with van der Waals surface area (Å²) in [6, 6.07) is 0. The molecule has 0 aromatic carbocycles. The van der Waals surface area contributed by atoms with Gasteiger partial charge in [-0.2, -0.15) is 0 Å². The molecule has 9 N–H and O–H groups in total. The maximum absolute atomic E-state index is 11.2. The summed E-state index contributed by atoms with van der Waals surface area (Å²) in [6.07, 6.45) is 0.787. The predicted molar refractivity (Wildman–Crippen MR) is 162 cm³/mol. The Balaban J connectivity index is -0.0000000975. The fourth-order valence-corrected chi connectivity index (χ4v) is 1.11. The number of ether oxygens (including phenoxy) is 2. The Bertz CT molecular complexity index is 458. The number of nitrogens with two attached hydrogens (primary N) is 3. The van der Waals surface area contributed by atoms with Crippen LogP contribution in [-0.2, 0) is 19.1 Å². The largest absolute Gasteiger partial charge is 0.465 e. The number of hydrogen-bond acceptors (Lipinski definition) is 10. The molecule has 37 heavy (non-hydrogen) atoms. The zero-order chi connectivity index (χ0) is 30.5. The van der Waals surface area contributed by atoms with Gasteiger partial charge in [-0.1, -0.05) is 36.2 Å². The van der Waals surface area contributed by atoms with Crippen LogP contribution in [0.5, 0.6) is 0 Å². The fourth-order valence-electron chi connectivity index (χ4n) is 1.11. The van der Waals surface area contributed by atoms with Gasteiger partial charge in [-0.3, -0.25) is 9.59 Å². The number of Topliss-reactive ketones (excluding diaryl/α,β-unsaturated/α-hetero) is 1. The Hall–Kier alpha value is -0.730. The van der Waals surface area contributed by atoms with E-state index in [0.717, 1.165) is 13.1 Å². The molecule has 11 nitrogen and oxygen atoms in total. The number of likely N-dealkylation sites (N-methyl/N-ethyl adjacent to an activating group) is 1. The lowest BCUT2D eigenvalue weighted by molar-refractivity contribution is -0.142. The molecule has 228 valence electrons. The normalized spacial score (nSPS) is 8.92. The molecular weight excluding hydrogens is 591 g/mol. The van der Waals surface area contributed by atoms with Crippen molar-refractivity contribution in [1.29, 1.82) is 0 Å². The maximum Gasteiger partial charge on any atom is 0.407 e. The molecule has 0 aromatic rings. The van der Waals surface area contributed by atoms with Crippen LogP contribution < -0.4 is 33.2 Å². The van der Waals surface area contributed by atoms with Crippen LogP contribution in [0.1, 0.15) is 54.9 Å². The average molecular weight is 647 g/mol. The SMILES string of the molecule is CC(=O)CBr.CCC.CCOC(=O)CNCCNC(=O)OC(C)(C)C.CNCCN.ClCCl.NCCN. The van der Waals surface area contributed by atoms with Crippen molar-refractivity contribution in [2.75, 3.05) is 70.1 Å². The summed E-state index contributed by atoms with van der Waals surface area (Å²) in [5, 5.41) is 8.98. The Morgan fingerprint density at radius 1 is 0.919 bits per heavy atom. The second-order valence-electron chi connectivity index (χ2n) is 7.52. The summed E-state index contributed by atoms with van der Waals surface area (Å²) >= 11 is 12.5. The Labute approximate surface area is 244 Å². The molecule has 0 radical (unpaired) electrons. The molecule has 0 unspecified atom stereocenters. The van der Waals surface area contributed by atoms with Crippen LogP contribution in [0.2, 0.25) is 0 Å². The van der Waals surface area contributed by atoms with E-state index in [2.05, 4.69) is 45.7 Å². The number of alkyl carbamates (subject to hydrolysis) is 1. The number of hydrogen-bond donors (Lipinski definition) is 6. The minimum Gasteiger partial charge on any atom is -0.465 e. The average Bonchev–Trinajstić information content (AvgIpc) is 2.80. The number of ketones is 1. The molecule has 0 saturated carbocycles. The van der Waals surface area contributed by atoms with Crippen LogP contribution in [-0.4, -0.2) is 93.6 Å². The third-order valence-corrected chi connectivity index (χ3v) is 3.08. The first-order valence-corrected chi connectivity index (χ1v) is 14.2. The lowest BCUT2D eigenvalue weighted by Crippen LogP contribution is -2.37. The number of esters is 1. The molecule has 0 bridgehead atoms. The molecule has 0 aromatic heterocycles. The summed E-state index contributed by atoms with van der Waals surface area (Å²) < 4.78 is 9.76. The van der Waals surface area contributed by atoms with Crippen molar-refractivity contribution in [3.05, 3.63) is 0 Å². The van der Waals surface area contributed by atoms with Crippen molar-refractivity contribution in [1.82, 2.24) is 16.0 Å². The number of alkyl halides is 3. The molecule has 0 fully saturated rings. The van der Waals surface area contributed by atoms with Gasteiger partial charge >= 0.3 is 12.1 Å². The first kappa shape index (κ1) is 49.2.